The largest absolute Gasteiger partial charge is 0.507 e. The van der Waals surface area contributed by atoms with E-state index in [4.69, 9.17) is 5.11 Å². The summed E-state index contributed by atoms with van der Waals surface area (Å²) in [4.78, 5) is 10.5. The molecule has 1 aromatic rings. The molecular weight excluding hydrogens is 180 g/mol. The van der Waals surface area contributed by atoms with Crippen LogP contribution in [-0.4, -0.2) is 23.1 Å². The Balaban J connectivity index is 2.84. The first-order valence-electron chi connectivity index (χ1n) is 4.33. The van der Waals surface area contributed by atoms with Crippen molar-refractivity contribution in [2.75, 3.05) is 6.61 Å². The van der Waals surface area contributed by atoms with Crippen molar-refractivity contribution in [1.29, 1.82) is 0 Å². The van der Waals surface area contributed by atoms with Crippen LogP contribution in [0.4, 0.5) is 0 Å². The van der Waals surface area contributed by atoms with Crippen molar-refractivity contribution in [3.8, 4) is 5.75 Å². The third-order valence-electron chi connectivity index (χ3n) is 1.78. The molecule has 1 rings (SSSR count). The summed E-state index contributed by atoms with van der Waals surface area (Å²) in [6, 6.07) is 4.77. The van der Waals surface area contributed by atoms with Crippen molar-refractivity contribution in [2.45, 2.75) is 6.42 Å². The van der Waals surface area contributed by atoms with E-state index < -0.39 is 0 Å². The summed E-state index contributed by atoms with van der Waals surface area (Å²) in [6.45, 7) is 0.106. The predicted octanol–water partition coefficient (Wildman–Crippen LogP) is 1.60. The Bertz CT molecular complexity index is 342. The van der Waals surface area contributed by atoms with Gasteiger partial charge in [-0.3, -0.25) is 4.79 Å². The van der Waals surface area contributed by atoms with Crippen molar-refractivity contribution in [3.63, 3.8) is 0 Å². The average Bonchev–Trinajstić information content (AvgIpc) is 2.21. The minimum Gasteiger partial charge on any atom is -0.507 e. The van der Waals surface area contributed by atoms with E-state index in [2.05, 4.69) is 0 Å². The van der Waals surface area contributed by atoms with E-state index in [1.807, 2.05) is 0 Å². The topological polar surface area (TPSA) is 57.5 Å². The molecule has 1 aromatic carbocycles. The van der Waals surface area contributed by atoms with Gasteiger partial charge in [0, 0.05) is 6.61 Å². The Morgan fingerprint density at radius 3 is 2.79 bits per heavy atom. The first kappa shape index (κ1) is 10.5. The van der Waals surface area contributed by atoms with Crippen LogP contribution in [0, 0.1) is 0 Å². The molecule has 0 amide bonds. The molecule has 0 aliphatic rings. The first-order chi connectivity index (χ1) is 6.77. The van der Waals surface area contributed by atoms with Crippen molar-refractivity contribution in [3.05, 3.63) is 35.4 Å². The molecule has 0 atom stereocenters. The Morgan fingerprint density at radius 1 is 1.36 bits per heavy atom. The van der Waals surface area contributed by atoms with Crippen LogP contribution < -0.4 is 0 Å². The average molecular weight is 192 g/mol. The lowest BCUT2D eigenvalue weighted by atomic mass is 10.1. The van der Waals surface area contributed by atoms with Gasteiger partial charge in [0.1, 0.15) is 5.75 Å². The molecule has 0 fully saturated rings. The van der Waals surface area contributed by atoms with Crippen molar-refractivity contribution >= 4 is 12.4 Å². The molecule has 0 aliphatic heterocycles. The molecule has 0 aromatic heterocycles. The van der Waals surface area contributed by atoms with E-state index >= 15 is 0 Å². The van der Waals surface area contributed by atoms with E-state index in [-0.39, 0.29) is 17.9 Å². The monoisotopic (exact) mass is 192 g/mol. The number of aliphatic hydroxyl groups is 1. The number of carbonyl (C=O) groups is 1. The van der Waals surface area contributed by atoms with Crippen molar-refractivity contribution < 1.29 is 15.0 Å². The van der Waals surface area contributed by atoms with Crippen LogP contribution >= 0.6 is 0 Å². The zero-order valence-electron chi connectivity index (χ0n) is 7.68. The molecule has 0 heterocycles. The van der Waals surface area contributed by atoms with Gasteiger partial charge in [-0.05, 0) is 24.1 Å². The molecule has 3 nitrogen and oxygen atoms in total. The Labute approximate surface area is 82.3 Å². The van der Waals surface area contributed by atoms with Gasteiger partial charge < -0.3 is 10.2 Å². The number of carbonyl (C=O) groups excluding carboxylic acids is 1. The number of benzene rings is 1. The van der Waals surface area contributed by atoms with E-state index in [9.17, 15) is 9.90 Å². The quantitative estimate of drug-likeness (QED) is 0.712. The van der Waals surface area contributed by atoms with Crippen LogP contribution in [0.1, 0.15) is 22.3 Å². The normalized spacial score (nSPS) is 10.6. The van der Waals surface area contributed by atoms with E-state index in [0.717, 1.165) is 5.56 Å². The highest BCUT2D eigenvalue weighted by atomic mass is 16.3. The smallest absolute Gasteiger partial charge is 0.153 e. The fraction of sp³-hybridized carbons (Fsp3) is 0.182. The lowest BCUT2D eigenvalue weighted by Crippen LogP contribution is -1.83. The molecule has 0 saturated carbocycles. The lowest BCUT2D eigenvalue weighted by Gasteiger charge is -1.98. The molecule has 0 unspecified atom stereocenters. The number of rotatable bonds is 4. The Hall–Kier alpha value is -1.61. The number of phenolic OH excluding ortho intramolecular Hbond substituents is 1. The lowest BCUT2D eigenvalue weighted by molar-refractivity contribution is 0.112. The molecule has 74 valence electrons. The van der Waals surface area contributed by atoms with Crippen LogP contribution in [0.5, 0.6) is 5.75 Å². The molecule has 0 bridgehead atoms. The summed E-state index contributed by atoms with van der Waals surface area (Å²) in [7, 11) is 0. The zero-order chi connectivity index (χ0) is 10.4. The standard InChI is InChI=1S/C11H12O3/c12-6-2-1-3-9-4-5-11(14)10(7-9)8-13/h1,3-5,7-8,12,14H,2,6H2. The highest BCUT2D eigenvalue weighted by molar-refractivity contribution is 5.80. The van der Waals surface area contributed by atoms with Crippen LogP contribution in [0.3, 0.4) is 0 Å². The summed E-state index contributed by atoms with van der Waals surface area (Å²) < 4.78 is 0. The summed E-state index contributed by atoms with van der Waals surface area (Å²) in [5, 5.41) is 17.8. The molecule has 3 heteroatoms. The molecule has 0 spiro atoms. The van der Waals surface area contributed by atoms with Gasteiger partial charge in [0.2, 0.25) is 0 Å². The third-order valence-corrected chi connectivity index (χ3v) is 1.78. The van der Waals surface area contributed by atoms with E-state index in [0.29, 0.717) is 12.7 Å². The summed E-state index contributed by atoms with van der Waals surface area (Å²) >= 11 is 0. The van der Waals surface area contributed by atoms with Gasteiger partial charge in [0.25, 0.3) is 0 Å². The number of hydrogen-bond acceptors (Lipinski definition) is 3. The number of hydrogen-bond donors (Lipinski definition) is 2. The summed E-state index contributed by atoms with van der Waals surface area (Å²) in [6.07, 6.45) is 4.79. The van der Waals surface area contributed by atoms with Crippen molar-refractivity contribution in [2.24, 2.45) is 0 Å². The zero-order valence-corrected chi connectivity index (χ0v) is 7.68. The second kappa shape index (κ2) is 5.19. The molecule has 14 heavy (non-hydrogen) atoms. The van der Waals surface area contributed by atoms with Gasteiger partial charge in [-0.25, -0.2) is 0 Å². The van der Waals surface area contributed by atoms with Crippen LogP contribution in [0.25, 0.3) is 6.08 Å². The third kappa shape index (κ3) is 2.71. The maximum Gasteiger partial charge on any atom is 0.153 e. The van der Waals surface area contributed by atoms with Crippen LogP contribution in [-0.2, 0) is 0 Å². The van der Waals surface area contributed by atoms with Crippen molar-refractivity contribution in [1.82, 2.24) is 0 Å². The summed E-state index contributed by atoms with van der Waals surface area (Å²) in [5.41, 5.74) is 1.11. The minimum absolute atomic E-state index is 0.0145. The summed E-state index contributed by atoms with van der Waals surface area (Å²) in [5.74, 6) is -0.0145. The van der Waals surface area contributed by atoms with Crippen LogP contribution in [0.2, 0.25) is 0 Å². The van der Waals surface area contributed by atoms with Gasteiger partial charge in [-0.2, -0.15) is 0 Å². The number of aliphatic hydroxyl groups excluding tert-OH is 1. The fourth-order valence-corrected chi connectivity index (χ4v) is 1.07. The molecule has 0 radical (unpaired) electrons. The van der Waals surface area contributed by atoms with Gasteiger partial charge in [0.05, 0.1) is 5.56 Å². The number of phenols is 1. The maximum atomic E-state index is 10.5. The number of aldehydes is 1. The number of aromatic hydroxyl groups is 1. The highest BCUT2D eigenvalue weighted by Gasteiger charge is 1.98. The van der Waals surface area contributed by atoms with E-state index in [1.165, 1.54) is 6.07 Å². The second-order valence-corrected chi connectivity index (χ2v) is 2.85. The van der Waals surface area contributed by atoms with Gasteiger partial charge in [0.15, 0.2) is 6.29 Å². The fourth-order valence-electron chi connectivity index (χ4n) is 1.07. The predicted molar refractivity (Wildman–Crippen MR) is 54.2 cm³/mol. The second-order valence-electron chi connectivity index (χ2n) is 2.85. The van der Waals surface area contributed by atoms with Gasteiger partial charge in [-0.1, -0.05) is 18.2 Å². The first-order valence-corrected chi connectivity index (χ1v) is 4.33. The maximum absolute atomic E-state index is 10.5. The van der Waals surface area contributed by atoms with Gasteiger partial charge >= 0.3 is 0 Å². The minimum atomic E-state index is -0.0145. The SMILES string of the molecule is O=Cc1cc(C=CCCO)ccc1O. The highest BCUT2D eigenvalue weighted by Crippen LogP contribution is 2.17. The Kier molecular flexibility index (Phi) is 3.88. The molecule has 2 N–H and O–H groups in total. The molecular formula is C11H12O3. The molecule has 0 aliphatic carbocycles. The van der Waals surface area contributed by atoms with E-state index in [1.54, 1.807) is 24.3 Å². The van der Waals surface area contributed by atoms with Crippen LogP contribution in [0.15, 0.2) is 24.3 Å². The molecule has 0 saturated heterocycles. The Morgan fingerprint density at radius 2 is 2.14 bits per heavy atom. The van der Waals surface area contributed by atoms with Gasteiger partial charge in [-0.15, -0.1) is 0 Å².